The fourth-order valence-corrected chi connectivity index (χ4v) is 5.47. The molecule has 1 unspecified atom stereocenters. The highest BCUT2D eigenvalue weighted by atomic mass is 16.5. The monoisotopic (exact) mass is 615 g/mol. The number of ketones is 1. The Morgan fingerprint density at radius 1 is 0.826 bits per heavy atom. The molecule has 232 valence electrons. The second-order valence-electron chi connectivity index (χ2n) is 10.9. The van der Waals surface area contributed by atoms with Crippen molar-refractivity contribution in [3.63, 3.8) is 0 Å². The van der Waals surface area contributed by atoms with Crippen molar-refractivity contribution >= 4 is 17.4 Å². The van der Waals surface area contributed by atoms with E-state index in [2.05, 4.69) is 0 Å². The Morgan fingerprint density at radius 3 is 2.30 bits per heavy atom. The van der Waals surface area contributed by atoms with Crippen LogP contribution < -0.4 is 14.2 Å². The molecule has 1 atom stereocenters. The average Bonchev–Trinajstić information content (AvgIpc) is 3.70. The summed E-state index contributed by atoms with van der Waals surface area (Å²) in [5.74, 6) is 0.190. The summed E-state index contributed by atoms with van der Waals surface area (Å²) < 4.78 is 23.2. The summed E-state index contributed by atoms with van der Waals surface area (Å²) in [6.07, 6.45) is 1.51. The summed E-state index contributed by atoms with van der Waals surface area (Å²) in [6.45, 7) is 2.78. The van der Waals surface area contributed by atoms with Crippen LogP contribution in [0.5, 0.6) is 17.2 Å². The number of Topliss-reactive ketones (excluding diaryl/α,β-unsaturated/α-hetero) is 1. The van der Waals surface area contributed by atoms with Crippen LogP contribution in [0.4, 0.5) is 0 Å². The third-order valence-corrected chi connectivity index (χ3v) is 7.97. The second kappa shape index (κ2) is 13.5. The minimum absolute atomic E-state index is 0.0271. The summed E-state index contributed by atoms with van der Waals surface area (Å²) in [4.78, 5) is 28.4. The SMILES string of the molecule is COc1cc(C2C(=C(O)c3ccc(OCc4ccccc4C)cc3)C(=O)C(=O)N2Cc2ccco2)ccc1OCc1ccccc1. The van der Waals surface area contributed by atoms with Gasteiger partial charge in [0.05, 0.1) is 31.5 Å². The average molecular weight is 616 g/mol. The number of carbonyl (C=O) groups excluding carboxylic acids is 2. The van der Waals surface area contributed by atoms with Gasteiger partial charge in [0, 0.05) is 5.56 Å². The molecule has 0 spiro atoms. The number of nitrogens with zero attached hydrogens (tertiary/aromatic N) is 1. The van der Waals surface area contributed by atoms with Crippen LogP contribution in [0.25, 0.3) is 5.76 Å². The first kappa shape index (κ1) is 30.3. The number of rotatable bonds is 11. The van der Waals surface area contributed by atoms with Crippen molar-refractivity contribution < 1.29 is 33.3 Å². The minimum atomic E-state index is -0.917. The van der Waals surface area contributed by atoms with Gasteiger partial charge in [0.2, 0.25) is 0 Å². The van der Waals surface area contributed by atoms with E-state index in [0.717, 1.165) is 16.7 Å². The Hall–Kier alpha value is -5.76. The number of carbonyl (C=O) groups is 2. The molecule has 0 bridgehead atoms. The van der Waals surface area contributed by atoms with Gasteiger partial charge in [-0.15, -0.1) is 0 Å². The lowest BCUT2D eigenvalue weighted by atomic mass is 9.95. The summed E-state index contributed by atoms with van der Waals surface area (Å²) in [5.41, 5.74) is 4.09. The van der Waals surface area contributed by atoms with Crippen LogP contribution in [0.2, 0.25) is 0 Å². The molecule has 0 radical (unpaired) electrons. The topological polar surface area (TPSA) is 98.4 Å². The second-order valence-corrected chi connectivity index (χ2v) is 10.9. The van der Waals surface area contributed by atoms with Gasteiger partial charge in [0.15, 0.2) is 11.5 Å². The molecule has 1 fully saturated rings. The van der Waals surface area contributed by atoms with Crippen LogP contribution in [0, 0.1) is 6.92 Å². The van der Waals surface area contributed by atoms with Gasteiger partial charge in [0.1, 0.15) is 30.5 Å². The number of amides is 1. The number of aliphatic hydroxyl groups is 1. The number of benzene rings is 4. The Labute approximate surface area is 267 Å². The Bertz CT molecular complexity index is 1860. The number of aliphatic hydroxyl groups excluding tert-OH is 1. The van der Waals surface area contributed by atoms with Crippen LogP contribution >= 0.6 is 0 Å². The van der Waals surface area contributed by atoms with Crippen molar-refractivity contribution in [1.82, 2.24) is 4.90 Å². The number of furan rings is 1. The van der Waals surface area contributed by atoms with Crippen LogP contribution in [-0.4, -0.2) is 28.8 Å². The van der Waals surface area contributed by atoms with E-state index in [0.29, 0.717) is 47.3 Å². The van der Waals surface area contributed by atoms with E-state index in [-0.39, 0.29) is 17.9 Å². The number of hydrogen-bond acceptors (Lipinski definition) is 7. The number of hydrogen-bond donors (Lipinski definition) is 1. The molecule has 5 aromatic rings. The van der Waals surface area contributed by atoms with Crippen molar-refractivity contribution in [2.24, 2.45) is 0 Å². The number of likely N-dealkylation sites (tertiary alicyclic amines) is 1. The first-order valence-corrected chi connectivity index (χ1v) is 14.9. The van der Waals surface area contributed by atoms with E-state index in [1.807, 2.05) is 61.5 Å². The van der Waals surface area contributed by atoms with Crippen molar-refractivity contribution in [1.29, 1.82) is 0 Å². The molecular weight excluding hydrogens is 582 g/mol. The van der Waals surface area contributed by atoms with E-state index in [1.54, 1.807) is 54.6 Å². The fourth-order valence-electron chi connectivity index (χ4n) is 5.47. The van der Waals surface area contributed by atoms with Crippen LogP contribution in [0.1, 0.15) is 39.6 Å². The molecule has 1 aliphatic heterocycles. The van der Waals surface area contributed by atoms with Gasteiger partial charge in [-0.25, -0.2) is 0 Å². The van der Waals surface area contributed by atoms with Crippen molar-refractivity contribution in [2.45, 2.75) is 32.7 Å². The van der Waals surface area contributed by atoms with Gasteiger partial charge < -0.3 is 28.6 Å². The molecule has 8 heteroatoms. The van der Waals surface area contributed by atoms with E-state index < -0.39 is 17.7 Å². The minimum Gasteiger partial charge on any atom is -0.507 e. The summed E-state index contributed by atoms with van der Waals surface area (Å²) in [7, 11) is 1.52. The lowest BCUT2D eigenvalue weighted by molar-refractivity contribution is -0.140. The molecule has 46 heavy (non-hydrogen) atoms. The number of aryl methyl sites for hydroxylation is 1. The van der Waals surface area contributed by atoms with Crippen molar-refractivity contribution in [2.75, 3.05) is 7.11 Å². The molecule has 0 saturated carbocycles. The maximum Gasteiger partial charge on any atom is 0.296 e. The van der Waals surface area contributed by atoms with Crippen molar-refractivity contribution in [3.05, 3.63) is 155 Å². The normalized spacial score (nSPS) is 15.6. The molecular formula is C38H33NO7. The van der Waals surface area contributed by atoms with Gasteiger partial charge in [-0.1, -0.05) is 60.7 Å². The first-order valence-electron chi connectivity index (χ1n) is 14.9. The summed E-state index contributed by atoms with van der Waals surface area (Å²) in [6, 6.07) is 32.3. The zero-order chi connectivity index (χ0) is 32.0. The molecule has 2 heterocycles. The molecule has 1 N–H and O–H groups in total. The largest absolute Gasteiger partial charge is 0.507 e. The molecule has 4 aromatic carbocycles. The molecule has 8 nitrogen and oxygen atoms in total. The molecule has 1 saturated heterocycles. The van der Waals surface area contributed by atoms with E-state index >= 15 is 0 Å². The predicted molar refractivity (Wildman–Crippen MR) is 172 cm³/mol. The lowest BCUT2D eigenvalue weighted by Gasteiger charge is -2.25. The standard InChI is InChI=1S/C38H33NO7/c1-25-9-6-7-12-29(25)24-45-30-17-14-27(15-18-30)36(40)34-35(39(38(42)37(34)41)22-31-13-8-20-44-31)28-16-19-32(33(21-28)43-2)46-23-26-10-4-3-5-11-26/h3-21,35,40H,22-24H2,1-2H3. The summed E-state index contributed by atoms with van der Waals surface area (Å²) >= 11 is 0. The Balaban J connectivity index is 1.32. The smallest absolute Gasteiger partial charge is 0.296 e. The van der Waals surface area contributed by atoms with Crippen LogP contribution in [-0.2, 0) is 29.3 Å². The number of ether oxygens (including phenoxy) is 3. The molecule has 6 rings (SSSR count). The van der Waals surface area contributed by atoms with Gasteiger partial charge in [-0.05, 0) is 77.7 Å². The predicted octanol–water partition coefficient (Wildman–Crippen LogP) is 7.38. The highest BCUT2D eigenvalue weighted by Gasteiger charge is 2.46. The lowest BCUT2D eigenvalue weighted by Crippen LogP contribution is -2.29. The maximum atomic E-state index is 13.6. The first-order chi connectivity index (χ1) is 22.4. The van der Waals surface area contributed by atoms with E-state index in [4.69, 9.17) is 18.6 Å². The van der Waals surface area contributed by atoms with E-state index in [9.17, 15) is 14.7 Å². The van der Waals surface area contributed by atoms with Gasteiger partial charge in [0.25, 0.3) is 11.7 Å². The van der Waals surface area contributed by atoms with Gasteiger partial charge >= 0.3 is 0 Å². The van der Waals surface area contributed by atoms with Crippen molar-refractivity contribution in [3.8, 4) is 17.2 Å². The van der Waals surface area contributed by atoms with Gasteiger partial charge in [-0.3, -0.25) is 9.59 Å². The maximum absolute atomic E-state index is 13.6. The highest BCUT2D eigenvalue weighted by molar-refractivity contribution is 6.46. The van der Waals surface area contributed by atoms with Crippen LogP contribution in [0.15, 0.2) is 125 Å². The molecule has 0 aliphatic carbocycles. The third kappa shape index (κ3) is 6.37. The van der Waals surface area contributed by atoms with Gasteiger partial charge in [-0.2, -0.15) is 0 Å². The number of methoxy groups -OCH3 is 1. The highest BCUT2D eigenvalue weighted by Crippen LogP contribution is 2.43. The quantitative estimate of drug-likeness (QED) is 0.0941. The summed E-state index contributed by atoms with van der Waals surface area (Å²) in [5, 5.41) is 11.6. The Kier molecular flexibility index (Phi) is 8.87. The van der Waals surface area contributed by atoms with E-state index in [1.165, 1.54) is 18.3 Å². The zero-order valence-corrected chi connectivity index (χ0v) is 25.5. The Morgan fingerprint density at radius 2 is 1.59 bits per heavy atom. The van der Waals surface area contributed by atoms with Crippen LogP contribution in [0.3, 0.4) is 0 Å². The zero-order valence-electron chi connectivity index (χ0n) is 25.5. The molecule has 1 aromatic heterocycles. The fraction of sp³-hybridized carbons (Fsp3) is 0.158. The molecule has 1 aliphatic rings. The third-order valence-electron chi connectivity index (χ3n) is 7.97. The molecule has 1 amide bonds.